The van der Waals surface area contributed by atoms with E-state index >= 15 is 0 Å². The molecule has 3 unspecified atom stereocenters. The molecule has 0 aromatic heterocycles. The molecule has 1 rings (SSSR count). The van der Waals surface area contributed by atoms with Crippen LogP contribution in [0.4, 0.5) is 0 Å². The first-order chi connectivity index (χ1) is 9.95. The summed E-state index contributed by atoms with van der Waals surface area (Å²) in [6.07, 6.45) is 1.27. The minimum absolute atomic E-state index is 0.154. The average molecular weight is 302 g/mol. The first-order valence-corrected chi connectivity index (χ1v) is 7.40. The molecule has 0 saturated heterocycles. The molecule has 3 atom stereocenters. The molecule has 0 aromatic carbocycles. The SMILES string of the molecule is C=C(C)C(O)OCC(OC(=O)C1CCCCC1)C(O)CO. The van der Waals surface area contributed by atoms with E-state index in [0.29, 0.717) is 5.57 Å². The minimum Gasteiger partial charge on any atom is -0.457 e. The lowest BCUT2D eigenvalue weighted by atomic mass is 9.89. The summed E-state index contributed by atoms with van der Waals surface area (Å²) in [7, 11) is 0. The Kier molecular flexibility index (Phi) is 7.88. The number of rotatable bonds is 8. The van der Waals surface area contributed by atoms with Crippen LogP contribution >= 0.6 is 0 Å². The molecule has 0 radical (unpaired) electrons. The normalized spacial score (nSPS) is 20.6. The summed E-state index contributed by atoms with van der Waals surface area (Å²) in [5.74, 6) is -0.529. The molecule has 0 heterocycles. The van der Waals surface area contributed by atoms with Gasteiger partial charge in [-0.3, -0.25) is 4.79 Å². The van der Waals surface area contributed by atoms with Gasteiger partial charge in [0.05, 0.1) is 19.1 Å². The zero-order valence-corrected chi connectivity index (χ0v) is 12.5. The van der Waals surface area contributed by atoms with Crippen LogP contribution in [-0.2, 0) is 14.3 Å². The fourth-order valence-electron chi connectivity index (χ4n) is 2.25. The smallest absolute Gasteiger partial charge is 0.309 e. The van der Waals surface area contributed by atoms with E-state index < -0.39 is 25.1 Å². The molecule has 1 aliphatic carbocycles. The number of carbonyl (C=O) groups is 1. The molecule has 0 aliphatic heterocycles. The molecule has 122 valence electrons. The molecule has 6 heteroatoms. The Bertz CT molecular complexity index is 337. The third-order valence-corrected chi connectivity index (χ3v) is 3.66. The molecule has 0 aromatic rings. The highest BCUT2D eigenvalue weighted by atomic mass is 16.6. The van der Waals surface area contributed by atoms with E-state index in [-0.39, 0.29) is 18.5 Å². The molecule has 6 nitrogen and oxygen atoms in total. The molecule has 0 bridgehead atoms. The molecular formula is C15H26O6. The quantitative estimate of drug-likeness (QED) is 0.348. The van der Waals surface area contributed by atoms with Gasteiger partial charge < -0.3 is 24.8 Å². The Hall–Kier alpha value is -0.950. The van der Waals surface area contributed by atoms with Crippen molar-refractivity contribution in [1.82, 2.24) is 0 Å². The van der Waals surface area contributed by atoms with Gasteiger partial charge in [-0.2, -0.15) is 0 Å². The summed E-state index contributed by atoms with van der Waals surface area (Å²) in [4.78, 5) is 12.1. The second-order valence-electron chi connectivity index (χ2n) is 5.59. The van der Waals surface area contributed by atoms with Gasteiger partial charge in [0.2, 0.25) is 0 Å². The van der Waals surface area contributed by atoms with Crippen molar-refractivity contribution < 1.29 is 29.6 Å². The van der Waals surface area contributed by atoms with Crippen molar-refractivity contribution in [3.05, 3.63) is 12.2 Å². The van der Waals surface area contributed by atoms with E-state index in [2.05, 4.69) is 6.58 Å². The summed E-state index contributed by atoms with van der Waals surface area (Å²) < 4.78 is 10.3. The Labute approximate surface area is 125 Å². The maximum atomic E-state index is 12.1. The van der Waals surface area contributed by atoms with Crippen LogP contribution in [-0.4, -0.2) is 53.0 Å². The zero-order valence-electron chi connectivity index (χ0n) is 12.5. The lowest BCUT2D eigenvalue weighted by Gasteiger charge is -2.27. The lowest BCUT2D eigenvalue weighted by Crippen LogP contribution is -2.40. The van der Waals surface area contributed by atoms with Gasteiger partial charge in [0.25, 0.3) is 0 Å². The Morgan fingerprint density at radius 1 is 1.29 bits per heavy atom. The van der Waals surface area contributed by atoms with E-state index in [0.717, 1.165) is 32.1 Å². The van der Waals surface area contributed by atoms with Gasteiger partial charge in [-0.25, -0.2) is 0 Å². The Morgan fingerprint density at radius 3 is 2.43 bits per heavy atom. The Morgan fingerprint density at radius 2 is 1.90 bits per heavy atom. The first kappa shape index (κ1) is 18.1. The van der Waals surface area contributed by atoms with E-state index in [4.69, 9.17) is 14.6 Å². The lowest BCUT2D eigenvalue weighted by molar-refractivity contribution is -0.176. The van der Waals surface area contributed by atoms with Crippen molar-refractivity contribution in [2.45, 2.75) is 57.5 Å². The summed E-state index contributed by atoms with van der Waals surface area (Å²) in [5.41, 5.74) is 0.408. The number of hydrogen-bond donors (Lipinski definition) is 3. The number of carbonyl (C=O) groups excluding carboxylic acids is 1. The van der Waals surface area contributed by atoms with Crippen LogP contribution < -0.4 is 0 Å². The van der Waals surface area contributed by atoms with Crippen LogP contribution in [0.1, 0.15) is 39.0 Å². The van der Waals surface area contributed by atoms with Crippen molar-refractivity contribution >= 4 is 5.97 Å². The third-order valence-electron chi connectivity index (χ3n) is 3.66. The van der Waals surface area contributed by atoms with Crippen molar-refractivity contribution in [2.75, 3.05) is 13.2 Å². The van der Waals surface area contributed by atoms with Gasteiger partial charge in [-0.1, -0.05) is 25.8 Å². The highest BCUT2D eigenvalue weighted by Crippen LogP contribution is 2.25. The van der Waals surface area contributed by atoms with Gasteiger partial charge in [-0.15, -0.1) is 0 Å². The average Bonchev–Trinajstić information content (AvgIpc) is 2.50. The molecule has 3 N–H and O–H groups in total. The fraction of sp³-hybridized carbons (Fsp3) is 0.800. The number of hydrogen-bond acceptors (Lipinski definition) is 6. The number of aliphatic hydroxyl groups is 3. The summed E-state index contributed by atoms with van der Waals surface area (Å²) in [6.45, 7) is 4.38. The van der Waals surface area contributed by atoms with Crippen molar-refractivity contribution in [3.8, 4) is 0 Å². The van der Waals surface area contributed by atoms with Gasteiger partial charge in [-0.05, 0) is 25.3 Å². The van der Waals surface area contributed by atoms with E-state index in [1.54, 1.807) is 6.92 Å². The standard InChI is InChI=1S/C15H26O6/c1-10(2)14(18)20-9-13(12(17)8-16)21-15(19)11-6-4-3-5-7-11/h11-14,16-18H,1,3-9H2,2H3. The van der Waals surface area contributed by atoms with Crippen molar-refractivity contribution in [2.24, 2.45) is 5.92 Å². The molecule has 0 spiro atoms. The van der Waals surface area contributed by atoms with Crippen molar-refractivity contribution in [1.29, 1.82) is 0 Å². The van der Waals surface area contributed by atoms with E-state index in [1.165, 1.54) is 0 Å². The maximum absolute atomic E-state index is 12.1. The molecular weight excluding hydrogens is 276 g/mol. The van der Waals surface area contributed by atoms with Gasteiger partial charge >= 0.3 is 5.97 Å². The predicted octanol–water partition coefficient (Wildman–Crippen LogP) is 0.743. The summed E-state index contributed by atoms with van der Waals surface area (Å²) in [5, 5.41) is 28.2. The van der Waals surface area contributed by atoms with Gasteiger partial charge in [0.1, 0.15) is 6.10 Å². The molecule has 1 saturated carbocycles. The third kappa shape index (κ3) is 6.13. The monoisotopic (exact) mass is 302 g/mol. The zero-order chi connectivity index (χ0) is 15.8. The van der Waals surface area contributed by atoms with Crippen LogP contribution in [0, 0.1) is 5.92 Å². The highest BCUT2D eigenvalue weighted by molar-refractivity contribution is 5.72. The van der Waals surface area contributed by atoms with Crippen LogP contribution in [0.15, 0.2) is 12.2 Å². The highest BCUT2D eigenvalue weighted by Gasteiger charge is 2.29. The van der Waals surface area contributed by atoms with Gasteiger partial charge in [0, 0.05) is 0 Å². The molecule has 1 fully saturated rings. The van der Waals surface area contributed by atoms with Crippen LogP contribution in [0.25, 0.3) is 0 Å². The Balaban J connectivity index is 2.52. The fourth-order valence-corrected chi connectivity index (χ4v) is 2.25. The number of aliphatic hydroxyl groups excluding tert-OH is 3. The molecule has 1 aliphatic rings. The topological polar surface area (TPSA) is 96.2 Å². The van der Waals surface area contributed by atoms with Crippen LogP contribution in [0.5, 0.6) is 0 Å². The second-order valence-corrected chi connectivity index (χ2v) is 5.59. The largest absolute Gasteiger partial charge is 0.457 e. The van der Waals surface area contributed by atoms with Crippen LogP contribution in [0.3, 0.4) is 0 Å². The van der Waals surface area contributed by atoms with E-state index in [9.17, 15) is 15.0 Å². The van der Waals surface area contributed by atoms with Gasteiger partial charge in [0.15, 0.2) is 12.4 Å². The number of esters is 1. The van der Waals surface area contributed by atoms with Crippen LogP contribution in [0.2, 0.25) is 0 Å². The molecule has 0 amide bonds. The first-order valence-electron chi connectivity index (χ1n) is 7.40. The number of ether oxygens (including phenoxy) is 2. The minimum atomic E-state index is -1.24. The molecule has 21 heavy (non-hydrogen) atoms. The second kappa shape index (κ2) is 9.15. The summed E-state index contributed by atoms with van der Waals surface area (Å²) in [6, 6.07) is 0. The summed E-state index contributed by atoms with van der Waals surface area (Å²) >= 11 is 0. The maximum Gasteiger partial charge on any atom is 0.309 e. The predicted molar refractivity (Wildman–Crippen MR) is 76.3 cm³/mol. The van der Waals surface area contributed by atoms with E-state index in [1.807, 2.05) is 0 Å². The van der Waals surface area contributed by atoms with Crippen molar-refractivity contribution in [3.63, 3.8) is 0 Å².